The van der Waals surface area contributed by atoms with E-state index in [0.29, 0.717) is 11.4 Å². The molecular formula is C15H11F3N2S. The summed E-state index contributed by atoms with van der Waals surface area (Å²) in [7, 11) is 0. The number of aromatic nitrogens is 2. The Kier molecular flexibility index (Phi) is 3.41. The number of fused-ring (bicyclic) bond motifs is 1. The molecule has 2 heterocycles. The third-order valence-electron chi connectivity index (χ3n) is 3.16. The molecule has 108 valence electrons. The van der Waals surface area contributed by atoms with Crippen molar-refractivity contribution in [2.45, 2.75) is 17.5 Å². The fourth-order valence-electron chi connectivity index (χ4n) is 2.32. The fourth-order valence-corrected chi connectivity index (χ4v) is 3.09. The van der Waals surface area contributed by atoms with Crippen molar-refractivity contribution in [2.75, 3.05) is 0 Å². The van der Waals surface area contributed by atoms with E-state index in [4.69, 9.17) is 0 Å². The molecule has 6 heteroatoms. The van der Waals surface area contributed by atoms with Crippen LogP contribution in [-0.4, -0.2) is 15.1 Å². The van der Waals surface area contributed by atoms with Gasteiger partial charge in [0.25, 0.3) is 0 Å². The van der Waals surface area contributed by atoms with Crippen molar-refractivity contribution >= 4 is 22.7 Å². The van der Waals surface area contributed by atoms with Gasteiger partial charge in [0.2, 0.25) is 0 Å². The summed E-state index contributed by atoms with van der Waals surface area (Å²) in [6, 6.07) is 12.4. The number of halogens is 3. The van der Waals surface area contributed by atoms with Crippen LogP contribution in [0, 0.1) is 6.92 Å². The van der Waals surface area contributed by atoms with Crippen LogP contribution in [0.5, 0.6) is 0 Å². The molecule has 0 amide bonds. The molecule has 3 rings (SSSR count). The molecule has 0 unspecified atom stereocenters. The highest BCUT2D eigenvalue weighted by atomic mass is 32.2. The molecule has 2 nitrogen and oxygen atoms in total. The first-order valence-corrected chi connectivity index (χ1v) is 7.06. The van der Waals surface area contributed by atoms with Crippen LogP contribution in [-0.2, 0) is 0 Å². The summed E-state index contributed by atoms with van der Waals surface area (Å²) in [5.41, 5.74) is -3.01. The lowest BCUT2D eigenvalue weighted by Crippen LogP contribution is -2.05. The molecule has 2 aromatic heterocycles. The molecule has 0 N–H and O–H groups in total. The Hall–Kier alpha value is -1.95. The topological polar surface area (TPSA) is 17.8 Å². The van der Waals surface area contributed by atoms with Crippen LogP contribution >= 0.6 is 11.8 Å². The Morgan fingerprint density at radius 2 is 1.76 bits per heavy atom. The number of alkyl halides is 3. The lowest BCUT2D eigenvalue weighted by molar-refractivity contribution is -0.0330. The first kappa shape index (κ1) is 14.0. The number of para-hydroxylation sites is 1. The molecular weight excluding hydrogens is 297 g/mol. The van der Waals surface area contributed by atoms with E-state index in [9.17, 15) is 13.2 Å². The van der Waals surface area contributed by atoms with E-state index in [1.165, 1.54) is 0 Å². The Bertz CT molecular complexity index is 779. The highest BCUT2D eigenvalue weighted by Crippen LogP contribution is 2.43. The molecule has 0 aliphatic carbocycles. The zero-order valence-corrected chi connectivity index (χ0v) is 11.9. The summed E-state index contributed by atoms with van der Waals surface area (Å²) in [4.78, 5) is 4.19. The Morgan fingerprint density at radius 3 is 2.43 bits per heavy atom. The minimum Gasteiger partial charge on any atom is -0.288 e. The maximum atomic E-state index is 12.9. The van der Waals surface area contributed by atoms with Crippen molar-refractivity contribution in [3.8, 4) is 5.82 Å². The van der Waals surface area contributed by atoms with Crippen molar-refractivity contribution in [3.63, 3.8) is 0 Å². The van der Waals surface area contributed by atoms with Crippen molar-refractivity contribution in [1.82, 2.24) is 9.55 Å². The van der Waals surface area contributed by atoms with Crippen molar-refractivity contribution in [3.05, 3.63) is 54.2 Å². The summed E-state index contributed by atoms with van der Waals surface area (Å²) < 4.78 is 40.2. The Labute approximate surface area is 123 Å². The molecule has 0 atom stereocenters. The minimum atomic E-state index is -4.34. The molecule has 21 heavy (non-hydrogen) atoms. The van der Waals surface area contributed by atoms with E-state index in [1.54, 1.807) is 42.0 Å². The third kappa shape index (κ3) is 2.63. The Morgan fingerprint density at radius 1 is 1.05 bits per heavy atom. The maximum absolute atomic E-state index is 12.9. The lowest BCUT2D eigenvalue weighted by atomic mass is 10.2. The van der Waals surface area contributed by atoms with Gasteiger partial charge in [0, 0.05) is 23.3 Å². The number of hydrogen-bond donors (Lipinski definition) is 0. The quantitative estimate of drug-likeness (QED) is 0.624. The standard InChI is InChI=1S/C15H11F3N2S/c1-10-11-6-2-3-7-12(11)20(13-8-4-5-9-19-13)14(10)21-15(16,17)18/h2-9H,1H3. The number of benzene rings is 1. The number of hydrogen-bond acceptors (Lipinski definition) is 2. The predicted molar refractivity (Wildman–Crippen MR) is 77.7 cm³/mol. The van der Waals surface area contributed by atoms with Crippen molar-refractivity contribution in [1.29, 1.82) is 0 Å². The summed E-state index contributed by atoms with van der Waals surface area (Å²) in [6.45, 7) is 1.70. The third-order valence-corrected chi connectivity index (χ3v) is 4.08. The molecule has 0 radical (unpaired) electrons. The van der Waals surface area contributed by atoms with Gasteiger partial charge in [0.1, 0.15) is 5.82 Å². The summed E-state index contributed by atoms with van der Waals surface area (Å²) in [5.74, 6) is 0.480. The Balaban J connectivity index is 2.32. The number of aryl methyl sites for hydroxylation is 1. The van der Waals surface area contributed by atoms with Crippen LogP contribution in [0.3, 0.4) is 0 Å². The first-order valence-electron chi connectivity index (χ1n) is 6.24. The monoisotopic (exact) mass is 308 g/mol. The predicted octanol–water partition coefficient (Wildman–Crippen LogP) is 4.95. The van der Waals surface area contributed by atoms with Gasteiger partial charge in [-0.25, -0.2) is 4.98 Å². The van der Waals surface area contributed by atoms with Crippen LogP contribution < -0.4 is 0 Å². The van der Waals surface area contributed by atoms with Crippen LogP contribution in [0.4, 0.5) is 13.2 Å². The lowest BCUT2D eigenvalue weighted by Gasteiger charge is -2.11. The number of thioether (sulfide) groups is 1. The van der Waals surface area contributed by atoms with Gasteiger partial charge in [-0.05, 0) is 30.7 Å². The largest absolute Gasteiger partial charge is 0.447 e. The number of pyridine rings is 1. The van der Waals surface area contributed by atoms with E-state index < -0.39 is 5.51 Å². The second-order valence-electron chi connectivity index (χ2n) is 4.52. The van der Waals surface area contributed by atoms with Crippen LogP contribution in [0.2, 0.25) is 0 Å². The normalized spacial score (nSPS) is 12.0. The van der Waals surface area contributed by atoms with Crippen molar-refractivity contribution < 1.29 is 13.2 Å². The second-order valence-corrected chi connectivity index (χ2v) is 5.57. The first-order chi connectivity index (χ1) is 9.97. The summed E-state index contributed by atoms with van der Waals surface area (Å²) in [6.07, 6.45) is 1.57. The molecule has 0 spiro atoms. The average molecular weight is 308 g/mol. The highest BCUT2D eigenvalue weighted by molar-refractivity contribution is 8.00. The second kappa shape index (κ2) is 5.11. The fraction of sp³-hybridized carbons (Fsp3) is 0.133. The zero-order valence-electron chi connectivity index (χ0n) is 11.1. The number of rotatable bonds is 2. The van der Waals surface area contributed by atoms with Gasteiger partial charge < -0.3 is 0 Å². The zero-order chi connectivity index (χ0) is 15.0. The van der Waals surface area contributed by atoms with E-state index in [0.717, 1.165) is 10.9 Å². The van der Waals surface area contributed by atoms with E-state index in [2.05, 4.69) is 4.98 Å². The maximum Gasteiger partial charge on any atom is 0.447 e. The molecule has 0 aliphatic rings. The summed E-state index contributed by atoms with van der Waals surface area (Å²) >= 11 is -0.102. The van der Waals surface area contributed by atoms with Gasteiger partial charge in [0.05, 0.1) is 10.5 Å². The molecule has 0 fully saturated rings. The smallest absolute Gasteiger partial charge is 0.288 e. The van der Waals surface area contributed by atoms with Gasteiger partial charge in [-0.1, -0.05) is 24.3 Å². The molecule has 3 aromatic rings. The summed E-state index contributed by atoms with van der Waals surface area (Å²) in [5, 5.41) is 0.956. The van der Waals surface area contributed by atoms with Crippen LogP contribution in [0.15, 0.2) is 53.7 Å². The minimum absolute atomic E-state index is 0.102. The molecule has 0 saturated heterocycles. The average Bonchev–Trinajstić information content (AvgIpc) is 2.72. The van der Waals surface area contributed by atoms with E-state index >= 15 is 0 Å². The molecule has 0 aliphatic heterocycles. The molecule has 0 saturated carbocycles. The van der Waals surface area contributed by atoms with Gasteiger partial charge in [-0.2, -0.15) is 13.2 Å². The molecule has 1 aromatic carbocycles. The van der Waals surface area contributed by atoms with Gasteiger partial charge in [0.15, 0.2) is 0 Å². The van der Waals surface area contributed by atoms with Crippen LogP contribution in [0.1, 0.15) is 5.56 Å². The molecule has 0 bridgehead atoms. The van der Waals surface area contributed by atoms with E-state index in [-0.39, 0.29) is 16.8 Å². The van der Waals surface area contributed by atoms with Gasteiger partial charge >= 0.3 is 5.51 Å². The van der Waals surface area contributed by atoms with Gasteiger partial charge in [-0.15, -0.1) is 0 Å². The number of nitrogens with zero attached hydrogens (tertiary/aromatic N) is 2. The van der Waals surface area contributed by atoms with Crippen LogP contribution in [0.25, 0.3) is 16.7 Å². The van der Waals surface area contributed by atoms with Gasteiger partial charge in [-0.3, -0.25) is 4.57 Å². The van der Waals surface area contributed by atoms with Crippen molar-refractivity contribution in [2.24, 2.45) is 0 Å². The highest BCUT2D eigenvalue weighted by Gasteiger charge is 2.33. The SMILES string of the molecule is Cc1c(SC(F)(F)F)n(-c2ccccn2)c2ccccc12. The van der Waals surface area contributed by atoms with E-state index in [1.807, 2.05) is 18.2 Å².